The van der Waals surface area contributed by atoms with Gasteiger partial charge in [-0.1, -0.05) is 81.1 Å². The lowest BCUT2D eigenvalue weighted by Crippen LogP contribution is -2.38. The number of hydrogen-bond acceptors (Lipinski definition) is 5. The van der Waals surface area contributed by atoms with Gasteiger partial charge in [-0.05, 0) is 36.5 Å². The number of esters is 1. The summed E-state index contributed by atoms with van der Waals surface area (Å²) in [5.41, 5.74) is 3.62. The van der Waals surface area contributed by atoms with Gasteiger partial charge in [-0.2, -0.15) is 13.2 Å². The van der Waals surface area contributed by atoms with E-state index in [9.17, 15) is 22.8 Å². The van der Waals surface area contributed by atoms with E-state index in [0.29, 0.717) is 5.56 Å². The molecule has 0 fully saturated rings. The summed E-state index contributed by atoms with van der Waals surface area (Å²) in [7, 11) is 0. The quantitative estimate of drug-likeness (QED) is 0.111. The summed E-state index contributed by atoms with van der Waals surface area (Å²) in [6.45, 7) is 3.31. The normalized spacial score (nSPS) is 12.2. The lowest BCUT2D eigenvalue weighted by molar-refractivity contribution is -0.187. The number of nitrogens with zero attached hydrogens (tertiary/aromatic N) is 2. The molecule has 2 aromatic carbocycles. The van der Waals surface area contributed by atoms with Crippen molar-refractivity contribution in [2.45, 2.75) is 58.5 Å². The minimum Gasteiger partial charge on any atom is -0.465 e. The fourth-order valence-corrected chi connectivity index (χ4v) is 3.99. The summed E-state index contributed by atoms with van der Waals surface area (Å²) in [5.74, 6) is -5.74. The summed E-state index contributed by atoms with van der Waals surface area (Å²) >= 11 is 0. The topological polar surface area (TPSA) is 69.2 Å². The van der Waals surface area contributed by atoms with Crippen LogP contribution in [-0.4, -0.2) is 34.5 Å². The van der Waals surface area contributed by atoms with Crippen LogP contribution < -0.4 is 0 Å². The van der Waals surface area contributed by atoms with Crippen molar-refractivity contribution in [2.24, 2.45) is 5.92 Å². The molecule has 0 aliphatic heterocycles. The molecule has 1 heterocycles. The van der Waals surface area contributed by atoms with Crippen LogP contribution in [0.4, 0.5) is 13.2 Å². The molecule has 0 aliphatic rings. The average Bonchev–Trinajstić information content (AvgIpc) is 2.88. The van der Waals surface area contributed by atoms with Crippen LogP contribution in [0.25, 0.3) is 22.5 Å². The van der Waals surface area contributed by atoms with Gasteiger partial charge in [-0.25, -0.2) is 9.97 Å². The van der Waals surface area contributed by atoms with Crippen molar-refractivity contribution in [3.05, 3.63) is 72.1 Å². The fraction of sp³-hybridized carbons (Fsp3) is 0.379. The molecule has 0 amide bonds. The number of rotatable bonds is 12. The molecule has 0 saturated heterocycles. The van der Waals surface area contributed by atoms with Gasteiger partial charge in [-0.3, -0.25) is 9.59 Å². The zero-order valence-electron chi connectivity index (χ0n) is 21.1. The third-order valence-corrected chi connectivity index (χ3v) is 6.05. The Hall–Kier alpha value is -3.55. The second-order valence-electron chi connectivity index (χ2n) is 8.82. The molecular formula is C29H31F3N2O3. The number of aromatic nitrogens is 2. The molecule has 0 N–H and O–H groups in total. The van der Waals surface area contributed by atoms with Crippen molar-refractivity contribution < 1.29 is 27.5 Å². The van der Waals surface area contributed by atoms with E-state index in [0.717, 1.165) is 29.9 Å². The number of benzene rings is 2. The van der Waals surface area contributed by atoms with Gasteiger partial charge < -0.3 is 4.74 Å². The van der Waals surface area contributed by atoms with Crippen molar-refractivity contribution in [1.29, 1.82) is 0 Å². The maximum atomic E-state index is 13.3. The zero-order chi connectivity index (χ0) is 26.8. The van der Waals surface area contributed by atoms with Crippen molar-refractivity contribution in [3.63, 3.8) is 0 Å². The smallest absolute Gasteiger partial charge is 0.409 e. The van der Waals surface area contributed by atoms with Crippen LogP contribution in [0.3, 0.4) is 0 Å². The summed E-state index contributed by atoms with van der Waals surface area (Å²) in [6.07, 6.45) is 4.24. The number of ether oxygens (including phenoxy) is 1. The van der Waals surface area contributed by atoms with Gasteiger partial charge in [0.2, 0.25) is 5.92 Å². The Bertz CT molecular complexity index is 1160. The van der Waals surface area contributed by atoms with Gasteiger partial charge >= 0.3 is 12.1 Å². The highest BCUT2D eigenvalue weighted by atomic mass is 19.4. The first-order chi connectivity index (χ1) is 17.7. The fourth-order valence-electron chi connectivity index (χ4n) is 3.99. The molecule has 1 atom stereocenters. The largest absolute Gasteiger partial charge is 0.465 e. The number of carbonyl (C=O) groups is 2. The molecule has 0 spiro atoms. The van der Waals surface area contributed by atoms with Gasteiger partial charge in [0.05, 0.1) is 12.2 Å². The molecule has 0 aliphatic carbocycles. The number of unbranched alkanes of at least 4 members (excludes halogenated alkanes) is 4. The number of aryl methyl sites for hydroxylation is 1. The minimum atomic E-state index is -5.08. The molecule has 37 heavy (non-hydrogen) atoms. The molecule has 196 valence electrons. The monoisotopic (exact) mass is 512 g/mol. The summed E-state index contributed by atoms with van der Waals surface area (Å²) in [5, 5.41) is 0. The number of hydrogen-bond donors (Lipinski definition) is 0. The highest BCUT2D eigenvalue weighted by molar-refractivity contribution is 6.09. The zero-order valence-corrected chi connectivity index (χ0v) is 21.1. The molecule has 1 aromatic heterocycles. The molecule has 8 heteroatoms. The van der Waals surface area contributed by atoms with Gasteiger partial charge in [-0.15, -0.1) is 0 Å². The first-order valence-corrected chi connectivity index (χ1v) is 12.5. The van der Waals surface area contributed by atoms with Crippen LogP contribution >= 0.6 is 0 Å². The molecule has 3 aromatic rings. The van der Waals surface area contributed by atoms with E-state index in [4.69, 9.17) is 0 Å². The Morgan fingerprint density at radius 1 is 0.811 bits per heavy atom. The number of ketones is 1. The van der Waals surface area contributed by atoms with Crippen molar-refractivity contribution in [1.82, 2.24) is 9.97 Å². The molecule has 0 bridgehead atoms. The van der Waals surface area contributed by atoms with E-state index in [1.165, 1.54) is 44.6 Å². The summed E-state index contributed by atoms with van der Waals surface area (Å²) in [4.78, 5) is 32.2. The highest BCUT2D eigenvalue weighted by Crippen LogP contribution is 2.31. The van der Waals surface area contributed by atoms with Crippen LogP contribution in [0.2, 0.25) is 0 Å². The second kappa shape index (κ2) is 13.1. The van der Waals surface area contributed by atoms with E-state index in [-0.39, 0.29) is 12.4 Å². The number of alkyl halides is 3. The highest BCUT2D eigenvalue weighted by Gasteiger charge is 2.51. The van der Waals surface area contributed by atoms with Crippen molar-refractivity contribution in [2.75, 3.05) is 6.61 Å². The molecule has 5 nitrogen and oxygen atoms in total. The molecule has 0 saturated carbocycles. The van der Waals surface area contributed by atoms with Crippen LogP contribution in [0.1, 0.15) is 61.9 Å². The van der Waals surface area contributed by atoms with Crippen LogP contribution in [0.15, 0.2) is 60.9 Å². The number of halogens is 3. The van der Waals surface area contributed by atoms with E-state index >= 15 is 0 Å². The van der Waals surface area contributed by atoms with E-state index in [1.807, 2.05) is 24.3 Å². The van der Waals surface area contributed by atoms with E-state index in [2.05, 4.69) is 45.9 Å². The predicted molar refractivity (Wildman–Crippen MR) is 136 cm³/mol. The Morgan fingerprint density at radius 2 is 1.35 bits per heavy atom. The SMILES string of the molecule is CCCCCCCc1ccc(-c2ccc(-c3ncc(C(=O)C(C(=O)OCC)C(F)(F)F)cn3)cc2)cc1. The van der Waals surface area contributed by atoms with Gasteiger partial charge in [0.1, 0.15) is 0 Å². The molecular weight excluding hydrogens is 481 g/mol. The van der Waals surface area contributed by atoms with E-state index in [1.54, 1.807) is 0 Å². The van der Waals surface area contributed by atoms with Crippen molar-refractivity contribution >= 4 is 11.8 Å². The molecule has 1 unspecified atom stereocenters. The van der Waals surface area contributed by atoms with Crippen molar-refractivity contribution in [3.8, 4) is 22.5 Å². The molecule has 3 rings (SSSR count). The standard InChI is InChI=1S/C29H31F3N2O3/c1-3-5-6-7-8-9-20-10-12-21(13-11-20)22-14-16-23(17-15-22)27-33-18-24(19-34-27)26(35)25(29(30,31)32)28(36)37-4-2/h10-19,25H,3-9H2,1-2H3. The Kier molecular flexibility index (Phi) is 9.94. The first kappa shape index (κ1) is 28.0. The van der Waals surface area contributed by atoms with Gasteiger partial charge in [0.15, 0.2) is 11.6 Å². The maximum absolute atomic E-state index is 13.3. The van der Waals surface area contributed by atoms with Gasteiger partial charge in [0, 0.05) is 18.0 Å². The Balaban J connectivity index is 1.66. The predicted octanol–water partition coefficient (Wildman–Crippen LogP) is 7.25. The second-order valence-corrected chi connectivity index (χ2v) is 8.82. The average molecular weight is 513 g/mol. The Labute approximate surface area is 215 Å². The number of carbonyl (C=O) groups excluding carboxylic acids is 2. The summed E-state index contributed by atoms with van der Waals surface area (Å²) < 4.78 is 44.4. The maximum Gasteiger partial charge on any atom is 0.409 e. The lowest BCUT2D eigenvalue weighted by atomic mass is 9.99. The van der Waals surface area contributed by atoms with Crippen LogP contribution in [-0.2, 0) is 16.0 Å². The minimum absolute atomic E-state index is 0.251. The van der Waals surface area contributed by atoms with Crippen LogP contribution in [0.5, 0.6) is 0 Å². The number of Topliss-reactive ketones (excluding diaryl/α,β-unsaturated/α-hetero) is 1. The van der Waals surface area contributed by atoms with Crippen LogP contribution in [0, 0.1) is 5.92 Å². The third-order valence-electron chi connectivity index (χ3n) is 6.05. The van der Waals surface area contributed by atoms with Gasteiger partial charge in [0.25, 0.3) is 0 Å². The molecule has 0 radical (unpaired) electrons. The first-order valence-electron chi connectivity index (χ1n) is 12.5. The Morgan fingerprint density at radius 3 is 1.89 bits per heavy atom. The summed E-state index contributed by atoms with van der Waals surface area (Å²) in [6, 6.07) is 15.9. The lowest BCUT2D eigenvalue weighted by Gasteiger charge is -2.17. The van der Waals surface area contributed by atoms with E-state index < -0.39 is 29.4 Å². The third kappa shape index (κ3) is 7.71.